The Bertz CT molecular complexity index is 660. The second kappa shape index (κ2) is 4.85. The predicted molar refractivity (Wildman–Crippen MR) is 73.6 cm³/mol. The number of nitrogens with zero attached hydrogens (tertiary/aromatic N) is 2. The summed E-state index contributed by atoms with van der Waals surface area (Å²) in [4.78, 5) is 4.07. The molecule has 2 aromatic rings. The average Bonchev–Trinajstić information content (AvgIpc) is 2.32. The first-order chi connectivity index (χ1) is 8.52. The highest BCUT2D eigenvalue weighted by Gasteiger charge is 2.11. The van der Waals surface area contributed by atoms with E-state index in [4.69, 9.17) is 34.2 Å². The molecule has 5 heteroatoms. The normalized spacial score (nSPS) is 10.1. The highest BCUT2D eigenvalue weighted by Crippen LogP contribution is 2.32. The van der Waals surface area contributed by atoms with Crippen molar-refractivity contribution in [1.29, 1.82) is 5.26 Å². The van der Waals surface area contributed by atoms with Crippen LogP contribution in [0, 0.1) is 18.3 Å². The van der Waals surface area contributed by atoms with Crippen molar-refractivity contribution in [2.75, 3.05) is 5.73 Å². The van der Waals surface area contributed by atoms with E-state index in [1.54, 1.807) is 24.3 Å². The van der Waals surface area contributed by atoms with Gasteiger partial charge in [0.1, 0.15) is 17.5 Å². The molecule has 0 spiro atoms. The van der Waals surface area contributed by atoms with Crippen molar-refractivity contribution in [3.8, 4) is 17.2 Å². The van der Waals surface area contributed by atoms with E-state index < -0.39 is 0 Å². The van der Waals surface area contributed by atoms with E-state index >= 15 is 0 Å². The Morgan fingerprint density at radius 2 is 1.94 bits per heavy atom. The largest absolute Gasteiger partial charge is 0.383 e. The van der Waals surface area contributed by atoms with Gasteiger partial charge in [0, 0.05) is 11.3 Å². The van der Waals surface area contributed by atoms with Gasteiger partial charge in [-0.05, 0) is 30.7 Å². The van der Waals surface area contributed by atoms with Gasteiger partial charge in [-0.1, -0.05) is 29.3 Å². The minimum absolute atomic E-state index is 0.221. The number of pyridine rings is 1. The topological polar surface area (TPSA) is 62.7 Å². The molecule has 0 aliphatic heterocycles. The van der Waals surface area contributed by atoms with Crippen molar-refractivity contribution in [3.05, 3.63) is 45.6 Å². The van der Waals surface area contributed by atoms with E-state index in [2.05, 4.69) is 11.1 Å². The Labute approximate surface area is 115 Å². The van der Waals surface area contributed by atoms with Crippen molar-refractivity contribution in [1.82, 2.24) is 4.98 Å². The summed E-state index contributed by atoms with van der Waals surface area (Å²) >= 11 is 11.8. The van der Waals surface area contributed by atoms with Crippen LogP contribution in [-0.2, 0) is 0 Å². The Hall–Kier alpha value is -1.76. The minimum Gasteiger partial charge on any atom is -0.383 e. The standard InChI is InChI=1S/C13H9Cl2N3/c1-7-4-9(10(6-16)13(17)18-7)8-2-3-11(14)12(15)5-8/h2-5H,1H3,(H2,17,18). The third kappa shape index (κ3) is 2.26. The number of hydrogen-bond acceptors (Lipinski definition) is 3. The lowest BCUT2D eigenvalue weighted by molar-refractivity contribution is 1.20. The van der Waals surface area contributed by atoms with E-state index in [0.717, 1.165) is 11.3 Å². The first kappa shape index (κ1) is 12.7. The predicted octanol–water partition coefficient (Wildman–Crippen LogP) is 3.82. The zero-order valence-electron chi connectivity index (χ0n) is 9.54. The lowest BCUT2D eigenvalue weighted by atomic mass is 10.0. The van der Waals surface area contributed by atoms with Crippen molar-refractivity contribution in [2.45, 2.75) is 6.92 Å². The lowest BCUT2D eigenvalue weighted by Gasteiger charge is -2.08. The smallest absolute Gasteiger partial charge is 0.142 e. The fourth-order valence-corrected chi connectivity index (χ4v) is 2.00. The van der Waals surface area contributed by atoms with Gasteiger partial charge in [-0.15, -0.1) is 0 Å². The molecule has 0 amide bonds. The fourth-order valence-electron chi connectivity index (χ4n) is 1.71. The number of nitrogen functional groups attached to an aromatic ring is 1. The number of nitriles is 1. The van der Waals surface area contributed by atoms with Crippen LogP contribution >= 0.6 is 23.2 Å². The molecule has 3 nitrogen and oxygen atoms in total. The third-order valence-corrected chi connectivity index (χ3v) is 3.26. The molecular formula is C13H9Cl2N3. The second-order valence-corrected chi connectivity index (χ2v) is 4.63. The van der Waals surface area contributed by atoms with Crippen molar-refractivity contribution < 1.29 is 0 Å². The van der Waals surface area contributed by atoms with Crippen LogP contribution in [0.3, 0.4) is 0 Å². The maximum absolute atomic E-state index is 9.15. The number of anilines is 1. The van der Waals surface area contributed by atoms with E-state index in [-0.39, 0.29) is 5.82 Å². The summed E-state index contributed by atoms with van der Waals surface area (Å²) in [5.74, 6) is 0.221. The van der Waals surface area contributed by atoms with Crippen LogP contribution in [0.5, 0.6) is 0 Å². The van der Waals surface area contributed by atoms with Gasteiger partial charge in [-0.2, -0.15) is 5.26 Å². The first-order valence-corrected chi connectivity index (χ1v) is 5.91. The number of nitrogens with two attached hydrogens (primary N) is 1. The van der Waals surface area contributed by atoms with Gasteiger partial charge in [0.2, 0.25) is 0 Å². The molecule has 18 heavy (non-hydrogen) atoms. The minimum atomic E-state index is 0.221. The number of benzene rings is 1. The van der Waals surface area contributed by atoms with Crippen molar-refractivity contribution in [3.63, 3.8) is 0 Å². The number of hydrogen-bond donors (Lipinski definition) is 1. The van der Waals surface area contributed by atoms with Crippen molar-refractivity contribution >= 4 is 29.0 Å². The van der Waals surface area contributed by atoms with Gasteiger partial charge in [0.15, 0.2) is 0 Å². The van der Waals surface area contributed by atoms with Gasteiger partial charge in [0.05, 0.1) is 10.0 Å². The Balaban J connectivity index is 2.70. The van der Waals surface area contributed by atoms with Gasteiger partial charge in [-0.3, -0.25) is 0 Å². The number of halogens is 2. The Morgan fingerprint density at radius 3 is 2.56 bits per heavy atom. The van der Waals surface area contributed by atoms with Gasteiger partial charge in [-0.25, -0.2) is 4.98 Å². The van der Waals surface area contributed by atoms with Crippen LogP contribution < -0.4 is 5.73 Å². The highest BCUT2D eigenvalue weighted by molar-refractivity contribution is 6.42. The lowest BCUT2D eigenvalue weighted by Crippen LogP contribution is -1.99. The summed E-state index contributed by atoms with van der Waals surface area (Å²) in [6.07, 6.45) is 0. The van der Waals surface area contributed by atoms with Crippen LogP contribution in [-0.4, -0.2) is 4.98 Å². The fraction of sp³-hybridized carbons (Fsp3) is 0.0769. The Kier molecular flexibility index (Phi) is 3.42. The van der Waals surface area contributed by atoms with Crippen molar-refractivity contribution in [2.24, 2.45) is 0 Å². The zero-order valence-corrected chi connectivity index (χ0v) is 11.0. The quantitative estimate of drug-likeness (QED) is 0.862. The van der Waals surface area contributed by atoms with Gasteiger partial charge in [0.25, 0.3) is 0 Å². The first-order valence-electron chi connectivity index (χ1n) is 5.15. The molecule has 0 fully saturated rings. The van der Waals surface area contributed by atoms with E-state index in [1.165, 1.54) is 0 Å². The molecule has 0 unspecified atom stereocenters. The summed E-state index contributed by atoms with van der Waals surface area (Å²) in [6.45, 7) is 1.82. The van der Waals surface area contributed by atoms with Crippen LogP contribution in [0.4, 0.5) is 5.82 Å². The Morgan fingerprint density at radius 1 is 1.22 bits per heavy atom. The van der Waals surface area contributed by atoms with Crippen LogP contribution in [0.15, 0.2) is 24.3 Å². The SMILES string of the molecule is Cc1cc(-c2ccc(Cl)c(Cl)c2)c(C#N)c(N)n1. The highest BCUT2D eigenvalue weighted by atomic mass is 35.5. The molecule has 90 valence electrons. The zero-order chi connectivity index (χ0) is 13.3. The number of aromatic nitrogens is 1. The third-order valence-electron chi connectivity index (χ3n) is 2.52. The molecule has 0 aliphatic rings. The molecule has 2 N–H and O–H groups in total. The van der Waals surface area contributed by atoms with Gasteiger partial charge < -0.3 is 5.73 Å². The monoisotopic (exact) mass is 277 g/mol. The molecule has 0 saturated heterocycles. The summed E-state index contributed by atoms with van der Waals surface area (Å²) in [6, 6.07) is 9.05. The van der Waals surface area contributed by atoms with E-state index in [1.807, 2.05) is 6.92 Å². The molecule has 0 aliphatic carbocycles. The summed E-state index contributed by atoms with van der Waals surface area (Å²) < 4.78 is 0. The summed E-state index contributed by atoms with van der Waals surface area (Å²) in [5, 5.41) is 10.1. The van der Waals surface area contributed by atoms with E-state index in [9.17, 15) is 0 Å². The molecule has 1 aromatic carbocycles. The number of rotatable bonds is 1. The molecule has 0 saturated carbocycles. The molecule has 0 atom stereocenters. The molecule has 0 bridgehead atoms. The van der Waals surface area contributed by atoms with E-state index in [0.29, 0.717) is 21.2 Å². The molecule has 0 radical (unpaired) electrons. The maximum atomic E-state index is 9.15. The summed E-state index contributed by atoms with van der Waals surface area (Å²) in [5.41, 5.74) is 8.33. The average molecular weight is 278 g/mol. The van der Waals surface area contributed by atoms with Gasteiger partial charge >= 0.3 is 0 Å². The summed E-state index contributed by atoms with van der Waals surface area (Å²) in [7, 11) is 0. The number of aryl methyl sites for hydroxylation is 1. The molecule has 2 rings (SSSR count). The van der Waals surface area contributed by atoms with Crippen LogP contribution in [0.1, 0.15) is 11.3 Å². The molecule has 1 heterocycles. The van der Waals surface area contributed by atoms with Crippen LogP contribution in [0.25, 0.3) is 11.1 Å². The maximum Gasteiger partial charge on any atom is 0.142 e. The second-order valence-electron chi connectivity index (χ2n) is 3.81. The van der Waals surface area contributed by atoms with Crippen LogP contribution in [0.2, 0.25) is 10.0 Å². The molecular weight excluding hydrogens is 269 g/mol. The molecule has 1 aromatic heterocycles.